The molecule has 0 fully saturated rings. The lowest BCUT2D eigenvalue weighted by Crippen LogP contribution is -2.30. The lowest BCUT2D eigenvalue weighted by Gasteiger charge is -2.14. The molecule has 4 aromatic rings. The average molecular weight is 427 g/mol. The fourth-order valence-corrected chi connectivity index (χ4v) is 3.69. The van der Waals surface area contributed by atoms with Crippen molar-refractivity contribution < 1.29 is 4.74 Å². The molecule has 4 rings (SSSR count). The van der Waals surface area contributed by atoms with E-state index in [1.807, 2.05) is 43.5 Å². The Morgan fingerprint density at radius 2 is 1.93 bits per heavy atom. The number of H-pyrrole nitrogens is 1. The van der Waals surface area contributed by atoms with Gasteiger partial charge in [0.25, 0.3) is 0 Å². The highest BCUT2D eigenvalue weighted by molar-refractivity contribution is 6.35. The molecule has 0 radical (unpaired) electrons. The summed E-state index contributed by atoms with van der Waals surface area (Å²) in [6, 6.07) is 13.3. The normalized spacial score (nSPS) is 12.3. The quantitative estimate of drug-likeness (QED) is 0.444. The van der Waals surface area contributed by atoms with E-state index >= 15 is 0 Å². The molecule has 2 aromatic carbocycles. The Labute approximate surface area is 178 Å². The molecule has 0 saturated carbocycles. The van der Waals surface area contributed by atoms with Crippen LogP contribution in [-0.4, -0.2) is 27.8 Å². The molecule has 2 aromatic heterocycles. The monoisotopic (exact) mass is 426 g/mol. The van der Waals surface area contributed by atoms with Gasteiger partial charge < -0.3 is 10.5 Å². The van der Waals surface area contributed by atoms with Crippen LogP contribution in [0.2, 0.25) is 10.0 Å². The number of aromatic nitrogens is 3. The molecule has 3 N–H and O–H groups in total. The van der Waals surface area contributed by atoms with E-state index in [0.717, 1.165) is 33.3 Å². The van der Waals surface area contributed by atoms with Crippen LogP contribution in [0.5, 0.6) is 5.75 Å². The van der Waals surface area contributed by atoms with Crippen LogP contribution in [0.4, 0.5) is 0 Å². The Morgan fingerprint density at radius 1 is 1.07 bits per heavy atom. The van der Waals surface area contributed by atoms with Crippen molar-refractivity contribution in [3.63, 3.8) is 0 Å². The second kappa shape index (κ2) is 8.41. The molecule has 0 bridgehead atoms. The van der Waals surface area contributed by atoms with Gasteiger partial charge in [0.05, 0.1) is 11.7 Å². The van der Waals surface area contributed by atoms with Crippen LogP contribution in [0.3, 0.4) is 0 Å². The van der Waals surface area contributed by atoms with Crippen molar-refractivity contribution in [2.45, 2.75) is 19.4 Å². The zero-order valence-corrected chi connectivity index (χ0v) is 17.3. The van der Waals surface area contributed by atoms with Crippen LogP contribution < -0.4 is 10.5 Å². The van der Waals surface area contributed by atoms with Gasteiger partial charge in [-0.25, -0.2) is 0 Å². The minimum atomic E-state index is -0.206. The molecule has 2 heterocycles. The topological polar surface area (TPSA) is 76.8 Å². The average Bonchev–Trinajstić information content (AvgIpc) is 3.09. The van der Waals surface area contributed by atoms with E-state index in [0.29, 0.717) is 28.8 Å². The molecular weight excluding hydrogens is 407 g/mol. The lowest BCUT2D eigenvalue weighted by molar-refractivity contribution is 0.287. The third-order valence-electron chi connectivity index (χ3n) is 4.75. The molecule has 7 heteroatoms. The van der Waals surface area contributed by atoms with Gasteiger partial charge in [0.1, 0.15) is 12.4 Å². The molecular formula is C22H20Cl2N4O. The van der Waals surface area contributed by atoms with Crippen molar-refractivity contribution >= 4 is 34.1 Å². The summed E-state index contributed by atoms with van der Waals surface area (Å²) in [7, 11) is 0. The van der Waals surface area contributed by atoms with Crippen LogP contribution in [0.15, 0.2) is 54.9 Å². The van der Waals surface area contributed by atoms with Crippen molar-refractivity contribution in [2.75, 3.05) is 6.61 Å². The van der Waals surface area contributed by atoms with Crippen LogP contribution in [0, 0.1) is 6.92 Å². The Hall–Kier alpha value is -2.60. The number of rotatable bonds is 6. The first-order chi connectivity index (χ1) is 14.0. The summed E-state index contributed by atoms with van der Waals surface area (Å²) in [5.74, 6) is 0.671. The second-order valence-electron chi connectivity index (χ2n) is 7.00. The summed E-state index contributed by atoms with van der Waals surface area (Å²) in [6.45, 7) is 2.36. The Bertz CT molecular complexity index is 1160. The van der Waals surface area contributed by atoms with Crippen LogP contribution in [-0.2, 0) is 6.42 Å². The lowest BCUT2D eigenvalue weighted by atomic mass is 10.0. The van der Waals surface area contributed by atoms with Gasteiger partial charge in [-0.1, -0.05) is 35.3 Å². The first-order valence-corrected chi connectivity index (χ1v) is 9.97. The van der Waals surface area contributed by atoms with E-state index in [4.69, 9.17) is 33.7 Å². The van der Waals surface area contributed by atoms with Gasteiger partial charge in [-0.2, -0.15) is 5.10 Å². The zero-order chi connectivity index (χ0) is 20.4. The van der Waals surface area contributed by atoms with Crippen molar-refractivity contribution in [3.8, 4) is 16.9 Å². The molecule has 1 atom stereocenters. The standard InChI is InChI=1S/C22H20Cl2N4O/c1-13-20-8-14(3-5-22(20)28-27-13)16-7-19(11-26-10-16)29-12-18(25)6-15-2-4-17(23)9-21(15)24/h2-5,7-11,18H,6,12,25H2,1H3,(H,27,28)/t18-/m0/s1. The molecule has 0 unspecified atom stereocenters. The number of pyridine rings is 1. The molecule has 0 aliphatic heterocycles. The van der Waals surface area contributed by atoms with Gasteiger partial charge >= 0.3 is 0 Å². The van der Waals surface area contributed by atoms with E-state index in [2.05, 4.69) is 21.2 Å². The van der Waals surface area contributed by atoms with Gasteiger partial charge in [-0.05, 0) is 54.8 Å². The summed E-state index contributed by atoms with van der Waals surface area (Å²) in [5.41, 5.74) is 11.2. The molecule has 5 nitrogen and oxygen atoms in total. The summed E-state index contributed by atoms with van der Waals surface area (Å²) >= 11 is 12.2. The van der Waals surface area contributed by atoms with E-state index < -0.39 is 0 Å². The number of aryl methyl sites for hydroxylation is 1. The van der Waals surface area contributed by atoms with Crippen molar-refractivity contribution in [1.29, 1.82) is 0 Å². The predicted molar refractivity (Wildman–Crippen MR) is 118 cm³/mol. The number of benzene rings is 2. The van der Waals surface area contributed by atoms with Crippen molar-refractivity contribution in [3.05, 3.63) is 76.2 Å². The van der Waals surface area contributed by atoms with E-state index in [9.17, 15) is 0 Å². The maximum atomic E-state index is 6.23. The minimum Gasteiger partial charge on any atom is -0.490 e. The number of hydrogen-bond donors (Lipinski definition) is 2. The maximum Gasteiger partial charge on any atom is 0.138 e. The third-order valence-corrected chi connectivity index (χ3v) is 5.34. The zero-order valence-electron chi connectivity index (χ0n) is 15.8. The smallest absolute Gasteiger partial charge is 0.138 e. The summed E-state index contributed by atoms with van der Waals surface area (Å²) in [4.78, 5) is 4.31. The van der Waals surface area contributed by atoms with E-state index in [-0.39, 0.29) is 6.04 Å². The highest BCUT2D eigenvalue weighted by Gasteiger charge is 2.10. The van der Waals surface area contributed by atoms with Crippen molar-refractivity contribution in [1.82, 2.24) is 15.2 Å². The highest BCUT2D eigenvalue weighted by Crippen LogP contribution is 2.27. The predicted octanol–water partition coefficient (Wildman–Crippen LogP) is 5.19. The van der Waals surface area contributed by atoms with Gasteiger partial charge in [0.15, 0.2) is 0 Å². The van der Waals surface area contributed by atoms with Crippen LogP contribution >= 0.6 is 23.2 Å². The number of nitrogens with one attached hydrogen (secondary N) is 1. The molecule has 0 spiro atoms. The largest absolute Gasteiger partial charge is 0.490 e. The fraction of sp³-hybridized carbons (Fsp3) is 0.182. The summed E-state index contributed by atoms with van der Waals surface area (Å²) in [5, 5.41) is 9.59. The molecule has 0 saturated heterocycles. The second-order valence-corrected chi connectivity index (χ2v) is 7.84. The van der Waals surface area contributed by atoms with Crippen LogP contribution in [0.1, 0.15) is 11.3 Å². The maximum absolute atomic E-state index is 6.23. The van der Waals surface area contributed by atoms with Crippen LogP contribution in [0.25, 0.3) is 22.0 Å². The first-order valence-electron chi connectivity index (χ1n) is 9.22. The van der Waals surface area contributed by atoms with Gasteiger partial charge in [0, 0.05) is 38.9 Å². The number of fused-ring (bicyclic) bond motifs is 1. The molecule has 0 amide bonds. The number of ether oxygens (including phenoxy) is 1. The van der Waals surface area contributed by atoms with Gasteiger partial charge in [-0.15, -0.1) is 0 Å². The molecule has 0 aliphatic carbocycles. The number of hydrogen-bond acceptors (Lipinski definition) is 4. The first kappa shape index (κ1) is 19.7. The SMILES string of the molecule is Cc1[nH]nc2ccc(-c3cncc(OC[C@@H](N)Cc4ccc(Cl)cc4Cl)c3)cc12. The number of nitrogens with two attached hydrogens (primary N) is 1. The Balaban J connectivity index is 1.45. The van der Waals surface area contributed by atoms with E-state index in [1.54, 1.807) is 12.3 Å². The highest BCUT2D eigenvalue weighted by atomic mass is 35.5. The number of halogens is 2. The third kappa shape index (κ3) is 4.53. The Kier molecular flexibility index (Phi) is 5.72. The molecule has 0 aliphatic rings. The Morgan fingerprint density at radius 3 is 2.76 bits per heavy atom. The van der Waals surface area contributed by atoms with Gasteiger partial charge in [0.2, 0.25) is 0 Å². The summed E-state index contributed by atoms with van der Waals surface area (Å²) in [6.07, 6.45) is 4.10. The minimum absolute atomic E-state index is 0.206. The molecule has 148 valence electrons. The van der Waals surface area contributed by atoms with Crippen molar-refractivity contribution in [2.24, 2.45) is 5.73 Å². The van der Waals surface area contributed by atoms with Gasteiger partial charge in [-0.3, -0.25) is 10.1 Å². The fourth-order valence-electron chi connectivity index (χ4n) is 3.21. The van der Waals surface area contributed by atoms with E-state index in [1.165, 1.54) is 0 Å². The summed E-state index contributed by atoms with van der Waals surface area (Å²) < 4.78 is 5.89. The number of aromatic amines is 1. The number of nitrogens with zero attached hydrogens (tertiary/aromatic N) is 2. The molecule has 29 heavy (non-hydrogen) atoms.